The van der Waals surface area contributed by atoms with E-state index in [9.17, 15) is 17.6 Å². The summed E-state index contributed by atoms with van der Waals surface area (Å²) >= 11 is 0. The van der Waals surface area contributed by atoms with Gasteiger partial charge in [-0.1, -0.05) is 12.1 Å². The molecule has 1 N–H and O–H groups in total. The van der Waals surface area contributed by atoms with Crippen molar-refractivity contribution >= 4 is 27.3 Å². The molecule has 1 aromatic heterocycles. The molecule has 0 bridgehead atoms. The molecule has 0 spiro atoms. The minimum absolute atomic E-state index is 0.0160. The number of rotatable bonds is 6. The predicted octanol–water partition coefficient (Wildman–Crippen LogP) is 2.81. The fourth-order valence-electron chi connectivity index (χ4n) is 3.16. The third-order valence-corrected chi connectivity index (χ3v) is 6.22. The zero-order valence-corrected chi connectivity index (χ0v) is 17.6. The van der Waals surface area contributed by atoms with Gasteiger partial charge < -0.3 is 9.26 Å². The number of nitrogens with one attached hydrogen (secondary N) is 1. The Morgan fingerprint density at radius 2 is 1.97 bits per heavy atom. The molecule has 162 valence electrons. The molecule has 0 unspecified atom stereocenters. The van der Waals surface area contributed by atoms with Gasteiger partial charge in [0.15, 0.2) is 12.4 Å². The van der Waals surface area contributed by atoms with E-state index in [1.165, 1.54) is 23.1 Å². The van der Waals surface area contributed by atoms with Crippen molar-refractivity contribution in [1.29, 1.82) is 0 Å². The molecule has 1 aliphatic heterocycles. The van der Waals surface area contributed by atoms with E-state index in [1.807, 2.05) is 6.92 Å². The van der Waals surface area contributed by atoms with E-state index in [-0.39, 0.29) is 35.4 Å². The molecule has 1 amide bonds. The van der Waals surface area contributed by atoms with Crippen molar-refractivity contribution in [2.24, 2.45) is 0 Å². The van der Waals surface area contributed by atoms with E-state index >= 15 is 0 Å². The Morgan fingerprint density at radius 1 is 1.23 bits per heavy atom. The van der Waals surface area contributed by atoms with Crippen LogP contribution in [0, 0.1) is 12.7 Å². The molecule has 4 rings (SSSR count). The van der Waals surface area contributed by atoms with Gasteiger partial charge in [0.25, 0.3) is 15.9 Å². The van der Waals surface area contributed by atoms with Crippen LogP contribution in [0.4, 0.5) is 15.8 Å². The molecule has 0 radical (unpaired) electrons. The molecule has 9 nitrogen and oxygen atoms in total. The SMILES string of the molecule is CCc1nc(CN2C(=O)COc3cc(S(=O)(=O)Nc4ccc(F)cc4)c(C)cc32)no1. The van der Waals surface area contributed by atoms with Crippen LogP contribution in [0.15, 0.2) is 45.8 Å². The third-order valence-electron chi connectivity index (χ3n) is 4.70. The Labute approximate surface area is 177 Å². The minimum atomic E-state index is -3.98. The van der Waals surface area contributed by atoms with Crippen LogP contribution >= 0.6 is 0 Å². The van der Waals surface area contributed by atoms with Gasteiger partial charge in [-0.25, -0.2) is 12.8 Å². The molecular weight excluding hydrogens is 427 g/mol. The number of aromatic nitrogens is 2. The van der Waals surface area contributed by atoms with E-state index in [1.54, 1.807) is 13.0 Å². The van der Waals surface area contributed by atoms with Crippen LogP contribution in [0.2, 0.25) is 0 Å². The molecule has 0 atom stereocenters. The minimum Gasteiger partial charge on any atom is -0.482 e. The lowest BCUT2D eigenvalue weighted by Gasteiger charge is -2.29. The first-order valence-electron chi connectivity index (χ1n) is 9.44. The summed E-state index contributed by atoms with van der Waals surface area (Å²) in [4.78, 5) is 18.1. The molecule has 0 aliphatic carbocycles. The van der Waals surface area contributed by atoms with Gasteiger partial charge in [0.2, 0.25) is 5.89 Å². The number of benzene rings is 2. The number of fused-ring (bicyclic) bond motifs is 1. The summed E-state index contributed by atoms with van der Waals surface area (Å²) in [5.41, 5.74) is 1.04. The van der Waals surface area contributed by atoms with Crippen molar-refractivity contribution < 1.29 is 26.9 Å². The highest BCUT2D eigenvalue weighted by molar-refractivity contribution is 7.92. The summed E-state index contributed by atoms with van der Waals surface area (Å²) in [6, 6.07) is 7.90. The molecule has 2 heterocycles. The molecule has 0 saturated carbocycles. The first-order valence-corrected chi connectivity index (χ1v) is 10.9. The Kier molecular flexibility index (Phi) is 5.36. The van der Waals surface area contributed by atoms with E-state index in [0.29, 0.717) is 29.4 Å². The van der Waals surface area contributed by atoms with Gasteiger partial charge in [0.1, 0.15) is 11.6 Å². The number of carbonyl (C=O) groups is 1. The Bertz CT molecular complexity index is 1240. The van der Waals surface area contributed by atoms with Crippen LogP contribution in [0.3, 0.4) is 0 Å². The van der Waals surface area contributed by atoms with Crippen LogP contribution in [0.5, 0.6) is 5.75 Å². The quantitative estimate of drug-likeness (QED) is 0.619. The molecule has 1 aliphatic rings. The summed E-state index contributed by atoms with van der Waals surface area (Å²) in [5.74, 6) is 0.253. The van der Waals surface area contributed by atoms with Gasteiger partial charge in [0.05, 0.1) is 17.1 Å². The van der Waals surface area contributed by atoms with Gasteiger partial charge in [-0.3, -0.25) is 14.4 Å². The second-order valence-corrected chi connectivity index (χ2v) is 8.58. The lowest BCUT2D eigenvalue weighted by molar-refractivity contribution is -0.121. The van der Waals surface area contributed by atoms with E-state index in [2.05, 4.69) is 14.9 Å². The van der Waals surface area contributed by atoms with Crippen LogP contribution in [-0.4, -0.2) is 31.1 Å². The zero-order valence-electron chi connectivity index (χ0n) is 16.8. The number of nitrogens with zero attached hydrogens (tertiary/aromatic N) is 3. The molecule has 0 saturated heterocycles. The number of amides is 1. The molecule has 31 heavy (non-hydrogen) atoms. The van der Waals surface area contributed by atoms with Crippen LogP contribution in [-0.2, 0) is 27.8 Å². The molecule has 2 aromatic carbocycles. The number of hydrogen-bond donors (Lipinski definition) is 1. The predicted molar refractivity (Wildman–Crippen MR) is 109 cm³/mol. The summed E-state index contributed by atoms with van der Waals surface area (Å²) in [6.07, 6.45) is 0.571. The van der Waals surface area contributed by atoms with Gasteiger partial charge in [-0.05, 0) is 42.8 Å². The Hall–Kier alpha value is -3.47. The van der Waals surface area contributed by atoms with Crippen molar-refractivity contribution in [3.63, 3.8) is 0 Å². The van der Waals surface area contributed by atoms with Gasteiger partial charge in [-0.15, -0.1) is 0 Å². The molecule has 0 fully saturated rings. The smallest absolute Gasteiger partial charge is 0.265 e. The molecule has 3 aromatic rings. The van der Waals surface area contributed by atoms with E-state index < -0.39 is 15.8 Å². The number of aryl methyl sites for hydroxylation is 2. The number of hydrogen-bond acceptors (Lipinski definition) is 7. The third kappa shape index (κ3) is 4.22. The average Bonchev–Trinajstić information content (AvgIpc) is 3.19. The van der Waals surface area contributed by atoms with Gasteiger partial charge >= 0.3 is 0 Å². The average molecular weight is 446 g/mol. The normalized spacial score (nSPS) is 13.6. The van der Waals surface area contributed by atoms with Crippen molar-refractivity contribution in [3.05, 3.63) is 59.5 Å². The second-order valence-electron chi connectivity index (χ2n) is 6.92. The summed E-state index contributed by atoms with van der Waals surface area (Å²) in [7, 11) is -3.98. The maximum atomic E-state index is 13.1. The highest BCUT2D eigenvalue weighted by Gasteiger charge is 2.30. The Morgan fingerprint density at radius 3 is 2.65 bits per heavy atom. The van der Waals surface area contributed by atoms with Crippen LogP contribution in [0.1, 0.15) is 24.2 Å². The summed E-state index contributed by atoms with van der Waals surface area (Å²) < 4.78 is 51.9. The summed E-state index contributed by atoms with van der Waals surface area (Å²) in [5, 5.41) is 3.87. The number of anilines is 2. The van der Waals surface area contributed by atoms with Gasteiger partial charge in [0, 0.05) is 18.2 Å². The highest BCUT2D eigenvalue weighted by Crippen LogP contribution is 2.37. The molecule has 11 heteroatoms. The van der Waals surface area contributed by atoms with Crippen LogP contribution < -0.4 is 14.4 Å². The first kappa shape index (κ1) is 20.8. The van der Waals surface area contributed by atoms with Crippen molar-refractivity contribution in [2.45, 2.75) is 31.7 Å². The van der Waals surface area contributed by atoms with E-state index in [0.717, 1.165) is 12.1 Å². The van der Waals surface area contributed by atoms with Crippen LogP contribution in [0.25, 0.3) is 0 Å². The number of sulfonamides is 1. The standard InChI is InChI=1S/C20H19FN4O5S/c1-3-19-22-18(23-30-19)10-25-15-8-12(2)17(9-16(15)29-11-20(25)26)31(27,28)24-14-6-4-13(21)5-7-14/h4-9,24H,3,10-11H2,1-2H3. The van der Waals surface area contributed by atoms with Crippen molar-refractivity contribution in [3.8, 4) is 5.75 Å². The fraction of sp³-hybridized carbons (Fsp3) is 0.250. The Balaban J connectivity index is 1.66. The zero-order chi connectivity index (χ0) is 22.2. The highest BCUT2D eigenvalue weighted by atomic mass is 32.2. The monoisotopic (exact) mass is 446 g/mol. The topological polar surface area (TPSA) is 115 Å². The lowest BCUT2D eigenvalue weighted by atomic mass is 10.1. The maximum absolute atomic E-state index is 13.1. The van der Waals surface area contributed by atoms with Gasteiger partial charge in [-0.2, -0.15) is 4.98 Å². The molecular formula is C20H19FN4O5S. The van der Waals surface area contributed by atoms with Crippen molar-refractivity contribution in [2.75, 3.05) is 16.2 Å². The number of carbonyl (C=O) groups excluding carboxylic acids is 1. The fourth-order valence-corrected chi connectivity index (χ4v) is 4.46. The summed E-state index contributed by atoms with van der Waals surface area (Å²) in [6.45, 7) is 3.30. The maximum Gasteiger partial charge on any atom is 0.265 e. The first-order chi connectivity index (χ1) is 14.8. The number of ether oxygens (including phenoxy) is 1. The van der Waals surface area contributed by atoms with E-state index in [4.69, 9.17) is 9.26 Å². The second kappa shape index (κ2) is 7.99. The van der Waals surface area contributed by atoms with Crippen molar-refractivity contribution in [1.82, 2.24) is 10.1 Å². The number of halogens is 1. The lowest BCUT2D eigenvalue weighted by Crippen LogP contribution is -2.38. The largest absolute Gasteiger partial charge is 0.482 e.